The largest absolute Gasteiger partial charge is 0.388 e. The molecular weight excluding hydrogens is 420 g/mol. The second kappa shape index (κ2) is 11.6. The molecule has 0 bridgehead atoms. The van der Waals surface area contributed by atoms with Gasteiger partial charge in [-0.3, -0.25) is 0 Å². The third kappa shape index (κ3) is 8.49. The molecule has 1 saturated heterocycles. The quantitative estimate of drug-likeness (QED) is 0.535. The summed E-state index contributed by atoms with van der Waals surface area (Å²) in [5, 5.41) is 11.2. The van der Waals surface area contributed by atoms with Crippen LogP contribution in [0.3, 0.4) is 0 Å². The van der Waals surface area contributed by atoms with E-state index in [1.807, 2.05) is 95.3 Å². The van der Waals surface area contributed by atoms with Gasteiger partial charge < -0.3 is 28.8 Å². The van der Waals surface area contributed by atoms with E-state index in [4.69, 9.17) is 23.7 Å². The van der Waals surface area contributed by atoms with E-state index < -0.39 is 30.2 Å². The predicted molar refractivity (Wildman–Crippen MR) is 127 cm³/mol. The Hall–Kier alpha value is -1.80. The number of benzene rings is 2. The number of aliphatic hydroxyl groups is 1. The van der Waals surface area contributed by atoms with Crippen LogP contribution in [-0.2, 0) is 36.9 Å². The van der Waals surface area contributed by atoms with Crippen molar-refractivity contribution >= 4 is 0 Å². The molecule has 1 N–H and O–H groups in total. The lowest BCUT2D eigenvalue weighted by Gasteiger charge is -2.35. The summed E-state index contributed by atoms with van der Waals surface area (Å²) in [5.74, 6) is -0.726. The van der Waals surface area contributed by atoms with Crippen LogP contribution in [0.25, 0.3) is 0 Å². The summed E-state index contributed by atoms with van der Waals surface area (Å²) in [5.41, 5.74) is 1.65. The monoisotopic (exact) mass is 458 g/mol. The van der Waals surface area contributed by atoms with Gasteiger partial charge in [0.05, 0.1) is 32.0 Å². The maximum absolute atomic E-state index is 11.2. The summed E-state index contributed by atoms with van der Waals surface area (Å²) >= 11 is 0. The summed E-state index contributed by atoms with van der Waals surface area (Å²) in [6, 6.07) is 19.8. The zero-order valence-corrected chi connectivity index (χ0v) is 20.4. The summed E-state index contributed by atoms with van der Waals surface area (Å²) in [6.45, 7) is 10.8. The standard InChI is InChI=1S/C27H38O6/c1-26(2,3)31-18-22(28)24(29-16-20-12-8-6-9-13-20)25(23-19-32-27(4,5)33-23)30-17-21-14-10-7-11-15-21/h6-15,22-25,28H,16-19H2,1-5H3/t22-,23-,24-,25-/m1/s1. The van der Waals surface area contributed by atoms with Crippen molar-refractivity contribution in [2.45, 2.75) is 83.6 Å². The van der Waals surface area contributed by atoms with Crippen LogP contribution in [0.4, 0.5) is 0 Å². The topological polar surface area (TPSA) is 66.4 Å². The van der Waals surface area contributed by atoms with Crippen molar-refractivity contribution < 1.29 is 28.8 Å². The zero-order valence-electron chi connectivity index (χ0n) is 20.4. The summed E-state index contributed by atoms with van der Waals surface area (Å²) in [6.07, 6.45) is -2.55. The Labute approximate surface area is 197 Å². The van der Waals surface area contributed by atoms with Crippen molar-refractivity contribution in [2.24, 2.45) is 0 Å². The molecule has 33 heavy (non-hydrogen) atoms. The third-order valence-electron chi connectivity index (χ3n) is 5.36. The van der Waals surface area contributed by atoms with E-state index in [2.05, 4.69) is 0 Å². The van der Waals surface area contributed by atoms with E-state index in [1.165, 1.54) is 0 Å². The number of ether oxygens (including phenoxy) is 5. The molecule has 1 aliphatic rings. The van der Waals surface area contributed by atoms with Crippen LogP contribution in [0, 0.1) is 0 Å². The minimum absolute atomic E-state index is 0.116. The molecule has 1 aliphatic heterocycles. The van der Waals surface area contributed by atoms with Crippen molar-refractivity contribution in [3.63, 3.8) is 0 Å². The van der Waals surface area contributed by atoms with Gasteiger partial charge in [-0.15, -0.1) is 0 Å². The predicted octanol–water partition coefficient (Wildman–Crippen LogP) is 4.48. The minimum Gasteiger partial charge on any atom is -0.388 e. The minimum atomic E-state index is -0.916. The van der Waals surface area contributed by atoms with Crippen molar-refractivity contribution in [2.75, 3.05) is 13.2 Å². The van der Waals surface area contributed by atoms with E-state index in [-0.39, 0.29) is 12.2 Å². The highest BCUT2D eigenvalue weighted by Gasteiger charge is 2.44. The zero-order chi connectivity index (χ0) is 23.9. The molecule has 0 aromatic heterocycles. The molecule has 0 aliphatic carbocycles. The normalized spacial score (nSPS) is 21.0. The van der Waals surface area contributed by atoms with Gasteiger partial charge in [0.25, 0.3) is 0 Å². The van der Waals surface area contributed by atoms with Gasteiger partial charge in [-0.1, -0.05) is 60.7 Å². The molecule has 6 nitrogen and oxygen atoms in total. The van der Waals surface area contributed by atoms with Gasteiger partial charge >= 0.3 is 0 Å². The molecule has 3 rings (SSSR count). The Balaban J connectivity index is 1.81. The first-order chi connectivity index (χ1) is 15.6. The summed E-state index contributed by atoms with van der Waals surface area (Å²) in [4.78, 5) is 0. The molecule has 0 saturated carbocycles. The van der Waals surface area contributed by atoms with Crippen LogP contribution < -0.4 is 0 Å². The molecule has 2 aromatic carbocycles. The number of aliphatic hydroxyl groups excluding tert-OH is 1. The van der Waals surface area contributed by atoms with E-state index in [9.17, 15) is 5.11 Å². The molecule has 6 heteroatoms. The molecule has 4 atom stereocenters. The Morgan fingerprint density at radius 3 is 1.97 bits per heavy atom. The highest BCUT2D eigenvalue weighted by molar-refractivity contribution is 5.14. The molecule has 0 unspecified atom stereocenters. The highest BCUT2D eigenvalue weighted by atomic mass is 16.8. The third-order valence-corrected chi connectivity index (χ3v) is 5.36. The van der Waals surface area contributed by atoms with Crippen molar-refractivity contribution in [3.05, 3.63) is 71.8 Å². The van der Waals surface area contributed by atoms with Gasteiger partial charge in [0.15, 0.2) is 5.79 Å². The molecule has 0 radical (unpaired) electrons. The number of hydrogen-bond acceptors (Lipinski definition) is 6. The Bertz CT molecular complexity index is 818. The van der Waals surface area contributed by atoms with Crippen LogP contribution in [0.2, 0.25) is 0 Å². The maximum Gasteiger partial charge on any atom is 0.163 e. The fraction of sp³-hybridized carbons (Fsp3) is 0.556. The average molecular weight is 459 g/mol. The van der Waals surface area contributed by atoms with Crippen LogP contribution in [0.1, 0.15) is 45.7 Å². The summed E-state index contributed by atoms with van der Waals surface area (Å²) < 4.78 is 30.5. The van der Waals surface area contributed by atoms with E-state index in [1.54, 1.807) is 0 Å². The van der Waals surface area contributed by atoms with Crippen LogP contribution in [0.5, 0.6) is 0 Å². The first-order valence-corrected chi connectivity index (χ1v) is 11.6. The average Bonchev–Trinajstić information content (AvgIpc) is 3.14. The van der Waals surface area contributed by atoms with Crippen LogP contribution in [0.15, 0.2) is 60.7 Å². The van der Waals surface area contributed by atoms with Crippen molar-refractivity contribution in [1.82, 2.24) is 0 Å². The van der Waals surface area contributed by atoms with Gasteiger partial charge in [-0.2, -0.15) is 0 Å². The van der Waals surface area contributed by atoms with Gasteiger partial charge in [0.1, 0.15) is 24.4 Å². The molecule has 2 aromatic rings. The van der Waals surface area contributed by atoms with Gasteiger partial charge in [0, 0.05) is 0 Å². The Kier molecular flexibility index (Phi) is 9.04. The molecule has 1 heterocycles. The lowest BCUT2D eigenvalue weighted by molar-refractivity contribution is -0.202. The molecule has 0 amide bonds. The van der Waals surface area contributed by atoms with Gasteiger partial charge in [-0.05, 0) is 45.7 Å². The Morgan fingerprint density at radius 1 is 0.939 bits per heavy atom. The lowest BCUT2D eigenvalue weighted by Crippen LogP contribution is -2.50. The van der Waals surface area contributed by atoms with Crippen molar-refractivity contribution in [1.29, 1.82) is 0 Å². The number of hydrogen-bond donors (Lipinski definition) is 1. The Morgan fingerprint density at radius 2 is 1.48 bits per heavy atom. The van der Waals surface area contributed by atoms with E-state index >= 15 is 0 Å². The van der Waals surface area contributed by atoms with Crippen molar-refractivity contribution in [3.8, 4) is 0 Å². The van der Waals surface area contributed by atoms with E-state index in [0.29, 0.717) is 19.8 Å². The fourth-order valence-corrected chi connectivity index (χ4v) is 3.68. The smallest absolute Gasteiger partial charge is 0.163 e. The first kappa shape index (κ1) is 25.8. The highest BCUT2D eigenvalue weighted by Crippen LogP contribution is 2.29. The molecular formula is C27H38O6. The second-order valence-electron chi connectivity index (χ2n) is 9.88. The number of rotatable bonds is 11. The van der Waals surface area contributed by atoms with Crippen LogP contribution in [-0.4, -0.2) is 54.1 Å². The lowest BCUT2D eigenvalue weighted by atomic mass is 10.0. The second-order valence-corrected chi connectivity index (χ2v) is 9.88. The summed E-state index contributed by atoms with van der Waals surface area (Å²) in [7, 11) is 0. The van der Waals surface area contributed by atoms with Gasteiger partial charge in [-0.25, -0.2) is 0 Å². The first-order valence-electron chi connectivity index (χ1n) is 11.6. The molecule has 0 spiro atoms. The van der Waals surface area contributed by atoms with Gasteiger partial charge in [0.2, 0.25) is 0 Å². The van der Waals surface area contributed by atoms with E-state index in [0.717, 1.165) is 11.1 Å². The fourth-order valence-electron chi connectivity index (χ4n) is 3.68. The van der Waals surface area contributed by atoms with Crippen LogP contribution >= 0.6 is 0 Å². The molecule has 182 valence electrons. The molecule has 1 fully saturated rings. The maximum atomic E-state index is 11.2. The SMILES string of the molecule is CC(C)(C)OC[C@@H](O)[C@@H](OCc1ccccc1)[C@H](OCc1ccccc1)[C@H]1COC(C)(C)O1.